The van der Waals surface area contributed by atoms with Crippen molar-refractivity contribution in [1.29, 1.82) is 5.26 Å². The maximum atomic E-state index is 9.00. The lowest BCUT2D eigenvalue weighted by Gasteiger charge is -2.22. The monoisotopic (exact) mass is 466 g/mol. The quantitative estimate of drug-likeness (QED) is 0.418. The summed E-state index contributed by atoms with van der Waals surface area (Å²) in [4.78, 5) is 6.44. The molecule has 6 nitrogen and oxygen atoms in total. The molecule has 1 N–H and O–H groups in total. The molecule has 0 saturated carbocycles. The minimum absolute atomic E-state index is 0. The SMILES string of the molecule is CN=C(NCc1cccc(C#N)c1)N(C)Cc1cn(C)nc1C(C)C.I. The standard InChI is InChI=1S/C19H26N6.HI/c1-14(2)18-17(13-25(5)23-18)12-24(4)19(21-3)22-11-16-8-6-7-15(9-16)10-20;/h6-9,13-14H,11-12H2,1-5H3,(H,21,22);1H. The molecule has 0 radical (unpaired) electrons. The highest BCUT2D eigenvalue weighted by Gasteiger charge is 2.15. The van der Waals surface area contributed by atoms with Crippen molar-refractivity contribution in [3.63, 3.8) is 0 Å². The summed E-state index contributed by atoms with van der Waals surface area (Å²) in [5.74, 6) is 1.19. The fourth-order valence-electron chi connectivity index (χ4n) is 2.81. The Labute approximate surface area is 172 Å². The molecular weight excluding hydrogens is 439 g/mol. The number of halogens is 1. The summed E-state index contributed by atoms with van der Waals surface area (Å²) in [7, 11) is 5.74. The summed E-state index contributed by atoms with van der Waals surface area (Å²) in [6.45, 7) is 5.66. The number of guanidine groups is 1. The van der Waals surface area contributed by atoms with Gasteiger partial charge in [-0.05, 0) is 23.6 Å². The average molecular weight is 466 g/mol. The summed E-state index contributed by atoms with van der Waals surface area (Å²) in [6, 6.07) is 9.75. The number of aryl methyl sites for hydroxylation is 1. The molecule has 0 amide bonds. The third-order valence-electron chi connectivity index (χ3n) is 3.97. The Kier molecular flexibility index (Phi) is 8.58. The van der Waals surface area contributed by atoms with Crippen LogP contribution in [0.3, 0.4) is 0 Å². The summed E-state index contributed by atoms with van der Waals surface area (Å²) < 4.78 is 1.86. The van der Waals surface area contributed by atoms with Gasteiger partial charge in [0.25, 0.3) is 0 Å². The zero-order chi connectivity index (χ0) is 18.4. The molecule has 1 heterocycles. The van der Waals surface area contributed by atoms with Crippen LogP contribution in [0.25, 0.3) is 0 Å². The van der Waals surface area contributed by atoms with E-state index in [0.29, 0.717) is 18.0 Å². The average Bonchev–Trinajstić information content (AvgIpc) is 2.96. The van der Waals surface area contributed by atoms with Crippen LogP contribution in [-0.2, 0) is 20.1 Å². The van der Waals surface area contributed by atoms with E-state index in [1.807, 2.05) is 37.0 Å². The minimum Gasteiger partial charge on any atom is -0.352 e. The molecule has 0 atom stereocenters. The van der Waals surface area contributed by atoms with Crippen LogP contribution in [0.5, 0.6) is 0 Å². The summed E-state index contributed by atoms with van der Waals surface area (Å²) in [5.41, 5.74) is 4.04. The lowest BCUT2D eigenvalue weighted by Crippen LogP contribution is -2.38. The van der Waals surface area contributed by atoms with Gasteiger partial charge in [-0.15, -0.1) is 24.0 Å². The zero-order valence-electron chi connectivity index (χ0n) is 16.0. The fourth-order valence-corrected chi connectivity index (χ4v) is 2.81. The van der Waals surface area contributed by atoms with Crippen molar-refractivity contribution in [3.05, 3.63) is 52.8 Å². The first-order valence-electron chi connectivity index (χ1n) is 8.37. The third-order valence-corrected chi connectivity index (χ3v) is 3.97. The van der Waals surface area contributed by atoms with Gasteiger partial charge in [-0.25, -0.2) is 0 Å². The molecule has 0 aliphatic rings. The smallest absolute Gasteiger partial charge is 0.193 e. The van der Waals surface area contributed by atoms with Crippen molar-refractivity contribution in [3.8, 4) is 6.07 Å². The lowest BCUT2D eigenvalue weighted by molar-refractivity contribution is 0.473. The Balaban J connectivity index is 0.00000338. The first-order valence-corrected chi connectivity index (χ1v) is 8.37. The molecule has 0 spiro atoms. The Hall–Kier alpha value is -2.08. The lowest BCUT2D eigenvalue weighted by atomic mass is 10.1. The van der Waals surface area contributed by atoms with Gasteiger partial charge < -0.3 is 10.2 Å². The van der Waals surface area contributed by atoms with Crippen molar-refractivity contribution in [1.82, 2.24) is 20.0 Å². The number of hydrogen-bond acceptors (Lipinski definition) is 3. The summed E-state index contributed by atoms with van der Waals surface area (Å²) >= 11 is 0. The van der Waals surface area contributed by atoms with Crippen LogP contribution in [0.2, 0.25) is 0 Å². The van der Waals surface area contributed by atoms with E-state index in [4.69, 9.17) is 5.26 Å². The molecule has 26 heavy (non-hydrogen) atoms. The molecule has 0 bridgehead atoms. The molecule has 1 aromatic carbocycles. The summed E-state index contributed by atoms with van der Waals surface area (Å²) in [6.07, 6.45) is 2.06. The van der Waals surface area contributed by atoms with Crippen LogP contribution in [0.15, 0.2) is 35.5 Å². The second kappa shape index (κ2) is 10.2. The molecule has 1 aromatic heterocycles. The van der Waals surface area contributed by atoms with Crippen molar-refractivity contribution in [2.24, 2.45) is 12.0 Å². The van der Waals surface area contributed by atoms with Gasteiger partial charge in [-0.3, -0.25) is 9.67 Å². The van der Waals surface area contributed by atoms with Crippen molar-refractivity contribution < 1.29 is 0 Å². The number of aromatic nitrogens is 2. The number of nitrogens with zero attached hydrogens (tertiary/aromatic N) is 5. The van der Waals surface area contributed by atoms with Crippen molar-refractivity contribution in [2.75, 3.05) is 14.1 Å². The van der Waals surface area contributed by atoms with Gasteiger partial charge in [0.15, 0.2) is 5.96 Å². The second-order valence-electron chi connectivity index (χ2n) is 6.44. The zero-order valence-corrected chi connectivity index (χ0v) is 18.4. The Bertz CT molecular complexity index is 788. The van der Waals surface area contributed by atoms with Gasteiger partial charge in [0.05, 0.1) is 17.3 Å². The largest absolute Gasteiger partial charge is 0.352 e. The number of benzene rings is 1. The minimum atomic E-state index is 0. The number of rotatable bonds is 5. The Morgan fingerprint density at radius 2 is 2.15 bits per heavy atom. The van der Waals surface area contributed by atoms with Gasteiger partial charge in [0.2, 0.25) is 0 Å². The molecule has 0 aliphatic carbocycles. The van der Waals surface area contributed by atoms with Crippen molar-refractivity contribution >= 4 is 29.9 Å². The van der Waals surface area contributed by atoms with Crippen LogP contribution in [-0.4, -0.2) is 34.7 Å². The fraction of sp³-hybridized carbons (Fsp3) is 0.421. The van der Waals surface area contributed by atoms with E-state index in [1.165, 1.54) is 5.56 Å². The second-order valence-corrected chi connectivity index (χ2v) is 6.44. The predicted molar refractivity (Wildman–Crippen MR) is 116 cm³/mol. The molecule has 140 valence electrons. The van der Waals surface area contributed by atoms with Gasteiger partial charge in [0.1, 0.15) is 0 Å². The van der Waals surface area contributed by atoms with E-state index in [2.05, 4.69) is 46.4 Å². The van der Waals surface area contributed by atoms with E-state index in [1.54, 1.807) is 13.1 Å². The first-order chi connectivity index (χ1) is 11.9. The molecule has 0 unspecified atom stereocenters. The van der Waals surface area contributed by atoms with Crippen LogP contribution >= 0.6 is 24.0 Å². The number of aliphatic imine (C=N–C) groups is 1. The third kappa shape index (κ3) is 5.73. The van der Waals surface area contributed by atoms with Gasteiger partial charge in [-0.1, -0.05) is 26.0 Å². The molecule has 2 aromatic rings. The highest BCUT2D eigenvalue weighted by atomic mass is 127. The van der Waals surface area contributed by atoms with E-state index in [9.17, 15) is 0 Å². The molecule has 2 rings (SSSR count). The van der Waals surface area contributed by atoms with Crippen LogP contribution in [0, 0.1) is 11.3 Å². The number of nitrogens with one attached hydrogen (secondary N) is 1. The Morgan fingerprint density at radius 3 is 2.77 bits per heavy atom. The van der Waals surface area contributed by atoms with Gasteiger partial charge >= 0.3 is 0 Å². The maximum Gasteiger partial charge on any atom is 0.193 e. The van der Waals surface area contributed by atoms with E-state index < -0.39 is 0 Å². The van der Waals surface area contributed by atoms with Crippen molar-refractivity contribution in [2.45, 2.75) is 32.9 Å². The molecule has 0 aliphatic heterocycles. The molecule has 7 heteroatoms. The van der Waals surface area contributed by atoms with E-state index in [-0.39, 0.29) is 24.0 Å². The Morgan fingerprint density at radius 1 is 1.42 bits per heavy atom. The van der Waals surface area contributed by atoms with Gasteiger partial charge in [0, 0.05) is 46.0 Å². The first kappa shape index (κ1) is 22.0. The van der Waals surface area contributed by atoms with Crippen LogP contribution < -0.4 is 5.32 Å². The van der Waals surface area contributed by atoms with E-state index >= 15 is 0 Å². The number of hydrogen-bond donors (Lipinski definition) is 1. The molecule has 0 saturated heterocycles. The summed E-state index contributed by atoms with van der Waals surface area (Å²) in [5, 5.41) is 16.9. The normalized spacial score (nSPS) is 11.0. The highest BCUT2D eigenvalue weighted by molar-refractivity contribution is 14.0. The molecular formula is C19H27IN6. The van der Waals surface area contributed by atoms with E-state index in [0.717, 1.165) is 23.8 Å². The van der Waals surface area contributed by atoms with Gasteiger partial charge in [-0.2, -0.15) is 10.4 Å². The molecule has 0 fully saturated rings. The predicted octanol–water partition coefficient (Wildman–Crippen LogP) is 3.24. The van der Waals surface area contributed by atoms with Crippen LogP contribution in [0.4, 0.5) is 0 Å². The van der Waals surface area contributed by atoms with Crippen LogP contribution in [0.1, 0.15) is 42.1 Å². The topological polar surface area (TPSA) is 69.2 Å². The number of nitriles is 1. The maximum absolute atomic E-state index is 9.00. The highest BCUT2D eigenvalue weighted by Crippen LogP contribution is 2.18.